The summed E-state index contributed by atoms with van der Waals surface area (Å²) in [7, 11) is 0. The molecule has 1 aromatic heterocycles. The highest BCUT2D eigenvalue weighted by atomic mass is 16.5. The van der Waals surface area contributed by atoms with Gasteiger partial charge in [-0.3, -0.25) is 0 Å². The maximum absolute atomic E-state index is 5.53. The van der Waals surface area contributed by atoms with Gasteiger partial charge in [-0.05, 0) is 36.1 Å². The monoisotopic (exact) mass is 286 g/mol. The summed E-state index contributed by atoms with van der Waals surface area (Å²) in [6.45, 7) is 4.46. The molecule has 0 saturated carbocycles. The maximum atomic E-state index is 5.53. The van der Waals surface area contributed by atoms with Gasteiger partial charge in [0, 0.05) is 31.1 Å². The summed E-state index contributed by atoms with van der Waals surface area (Å²) in [4.78, 5) is 4.61. The fourth-order valence-corrected chi connectivity index (χ4v) is 3.08. The van der Waals surface area contributed by atoms with Gasteiger partial charge in [0.1, 0.15) is 5.75 Å². The van der Waals surface area contributed by atoms with E-state index in [0.717, 1.165) is 49.9 Å². The Morgan fingerprint density at radius 2 is 2.19 bits per heavy atom. The molecular formula is C16H18N2O3. The normalized spacial score (nSPS) is 24.6. The lowest BCUT2D eigenvalue weighted by atomic mass is 9.90. The minimum Gasteiger partial charge on any atom is -0.493 e. The lowest BCUT2D eigenvalue weighted by Crippen LogP contribution is -2.23. The van der Waals surface area contributed by atoms with Crippen LogP contribution in [0.15, 0.2) is 22.7 Å². The molecule has 21 heavy (non-hydrogen) atoms. The predicted octanol–water partition coefficient (Wildman–Crippen LogP) is 2.81. The Hall–Kier alpha value is -1.88. The molecule has 0 N–H and O–H groups in total. The van der Waals surface area contributed by atoms with E-state index in [1.54, 1.807) is 0 Å². The van der Waals surface area contributed by atoms with Gasteiger partial charge in [0.25, 0.3) is 0 Å². The van der Waals surface area contributed by atoms with Crippen molar-refractivity contribution in [2.75, 3.05) is 19.8 Å². The molecule has 1 fully saturated rings. The molecule has 4 rings (SSSR count). The third kappa shape index (κ3) is 2.31. The first-order valence-electron chi connectivity index (χ1n) is 7.49. The first-order valence-corrected chi connectivity index (χ1v) is 7.49. The predicted molar refractivity (Wildman–Crippen MR) is 76.3 cm³/mol. The molecular weight excluding hydrogens is 268 g/mol. The Balaban J connectivity index is 1.62. The molecule has 5 heteroatoms. The topological polar surface area (TPSA) is 57.4 Å². The van der Waals surface area contributed by atoms with E-state index in [1.807, 2.05) is 12.1 Å². The van der Waals surface area contributed by atoms with Gasteiger partial charge >= 0.3 is 0 Å². The zero-order valence-electron chi connectivity index (χ0n) is 12.0. The van der Waals surface area contributed by atoms with Gasteiger partial charge in [0.2, 0.25) is 11.7 Å². The van der Waals surface area contributed by atoms with Gasteiger partial charge in [0.15, 0.2) is 0 Å². The highest BCUT2D eigenvalue weighted by Crippen LogP contribution is 2.33. The van der Waals surface area contributed by atoms with Crippen LogP contribution in [0.1, 0.15) is 30.7 Å². The third-order valence-electron chi connectivity index (χ3n) is 4.35. The lowest BCUT2D eigenvalue weighted by Gasteiger charge is -2.25. The molecule has 2 aliphatic heterocycles. The molecule has 0 spiro atoms. The largest absolute Gasteiger partial charge is 0.493 e. The van der Waals surface area contributed by atoms with E-state index >= 15 is 0 Å². The van der Waals surface area contributed by atoms with Crippen LogP contribution in [0.25, 0.3) is 11.4 Å². The SMILES string of the molecule is C[C@H]1COCC[C@@H]1c1nc(-c2ccc3c(c2)CCO3)no1. The second-order valence-corrected chi connectivity index (χ2v) is 5.82. The molecule has 2 aromatic rings. The van der Waals surface area contributed by atoms with Crippen molar-refractivity contribution in [2.45, 2.75) is 25.7 Å². The number of aromatic nitrogens is 2. The summed E-state index contributed by atoms with van der Waals surface area (Å²) in [6, 6.07) is 6.08. The van der Waals surface area contributed by atoms with Crippen molar-refractivity contribution in [3.05, 3.63) is 29.7 Å². The van der Waals surface area contributed by atoms with Gasteiger partial charge < -0.3 is 14.0 Å². The summed E-state index contributed by atoms with van der Waals surface area (Å²) >= 11 is 0. The van der Waals surface area contributed by atoms with E-state index in [1.165, 1.54) is 5.56 Å². The Morgan fingerprint density at radius 1 is 1.24 bits per heavy atom. The van der Waals surface area contributed by atoms with Crippen LogP contribution in [-0.4, -0.2) is 30.0 Å². The summed E-state index contributed by atoms with van der Waals surface area (Å²) < 4.78 is 16.5. The van der Waals surface area contributed by atoms with E-state index in [4.69, 9.17) is 14.0 Å². The van der Waals surface area contributed by atoms with Crippen LogP contribution in [0.3, 0.4) is 0 Å². The quantitative estimate of drug-likeness (QED) is 0.849. The average molecular weight is 286 g/mol. The van der Waals surface area contributed by atoms with Crippen LogP contribution in [0.4, 0.5) is 0 Å². The van der Waals surface area contributed by atoms with Crippen molar-refractivity contribution in [3.63, 3.8) is 0 Å². The van der Waals surface area contributed by atoms with Gasteiger partial charge in [0.05, 0.1) is 6.61 Å². The number of ether oxygens (including phenoxy) is 2. The van der Waals surface area contributed by atoms with Gasteiger partial charge in [-0.15, -0.1) is 0 Å². The van der Waals surface area contributed by atoms with Crippen LogP contribution < -0.4 is 4.74 Å². The van der Waals surface area contributed by atoms with Gasteiger partial charge in [-0.1, -0.05) is 12.1 Å². The number of rotatable bonds is 2. The van der Waals surface area contributed by atoms with Crippen molar-refractivity contribution in [2.24, 2.45) is 5.92 Å². The molecule has 0 amide bonds. The van der Waals surface area contributed by atoms with E-state index in [0.29, 0.717) is 17.7 Å². The first kappa shape index (κ1) is 12.8. The Kier molecular flexibility index (Phi) is 3.15. The second-order valence-electron chi connectivity index (χ2n) is 5.82. The molecule has 0 radical (unpaired) electrons. The zero-order valence-corrected chi connectivity index (χ0v) is 12.0. The van der Waals surface area contributed by atoms with E-state index < -0.39 is 0 Å². The Labute approximate surface area is 123 Å². The minimum atomic E-state index is 0.303. The molecule has 5 nitrogen and oxygen atoms in total. The van der Waals surface area contributed by atoms with Gasteiger partial charge in [-0.25, -0.2) is 0 Å². The van der Waals surface area contributed by atoms with Crippen molar-refractivity contribution >= 4 is 0 Å². The van der Waals surface area contributed by atoms with Crippen LogP contribution in [-0.2, 0) is 11.2 Å². The number of hydrogen-bond donors (Lipinski definition) is 0. The Bertz CT molecular complexity index is 653. The number of hydrogen-bond acceptors (Lipinski definition) is 5. The van der Waals surface area contributed by atoms with Gasteiger partial charge in [-0.2, -0.15) is 4.98 Å². The molecule has 1 aromatic carbocycles. The maximum Gasteiger partial charge on any atom is 0.230 e. The third-order valence-corrected chi connectivity index (χ3v) is 4.35. The van der Waals surface area contributed by atoms with Crippen molar-refractivity contribution in [1.82, 2.24) is 10.1 Å². The highest BCUT2D eigenvalue weighted by Gasteiger charge is 2.28. The van der Waals surface area contributed by atoms with E-state index in [-0.39, 0.29) is 0 Å². The molecule has 3 heterocycles. The van der Waals surface area contributed by atoms with Crippen molar-refractivity contribution in [1.29, 1.82) is 0 Å². The van der Waals surface area contributed by atoms with Crippen LogP contribution in [0, 0.1) is 5.92 Å². The summed E-state index contributed by atoms with van der Waals surface area (Å²) in [6.07, 6.45) is 1.89. The molecule has 2 aliphatic rings. The smallest absolute Gasteiger partial charge is 0.230 e. The number of benzene rings is 1. The summed E-state index contributed by atoms with van der Waals surface area (Å²) in [5, 5.41) is 4.15. The molecule has 0 bridgehead atoms. The van der Waals surface area contributed by atoms with Crippen LogP contribution in [0.2, 0.25) is 0 Å². The minimum absolute atomic E-state index is 0.303. The summed E-state index contributed by atoms with van der Waals surface area (Å²) in [5.41, 5.74) is 2.22. The number of fused-ring (bicyclic) bond motifs is 1. The van der Waals surface area contributed by atoms with Crippen molar-refractivity contribution in [3.8, 4) is 17.1 Å². The molecule has 110 valence electrons. The second kappa shape index (κ2) is 5.15. The van der Waals surface area contributed by atoms with E-state index in [9.17, 15) is 0 Å². The fraction of sp³-hybridized carbons (Fsp3) is 0.500. The molecule has 1 saturated heterocycles. The van der Waals surface area contributed by atoms with Crippen molar-refractivity contribution < 1.29 is 14.0 Å². The standard InChI is InChI=1S/C16H18N2O3/c1-10-9-19-6-5-13(10)16-17-15(18-21-16)12-2-3-14-11(8-12)4-7-20-14/h2-3,8,10,13H,4-7,9H2,1H3/t10-,13-/m0/s1. The molecule has 0 unspecified atom stereocenters. The first-order chi connectivity index (χ1) is 10.3. The molecule has 0 aliphatic carbocycles. The molecule has 2 atom stereocenters. The Morgan fingerprint density at radius 3 is 3.10 bits per heavy atom. The van der Waals surface area contributed by atoms with E-state index in [2.05, 4.69) is 23.1 Å². The van der Waals surface area contributed by atoms with Crippen LogP contribution in [0.5, 0.6) is 5.75 Å². The lowest BCUT2D eigenvalue weighted by molar-refractivity contribution is 0.0392. The van der Waals surface area contributed by atoms with Crippen LogP contribution >= 0.6 is 0 Å². The average Bonchev–Trinajstić information content (AvgIpc) is 3.16. The zero-order chi connectivity index (χ0) is 14.2. The number of nitrogens with zero attached hydrogens (tertiary/aromatic N) is 2. The fourth-order valence-electron chi connectivity index (χ4n) is 3.08. The highest BCUT2D eigenvalue weighted by molar-refractivity contribution is 5.59. The summed E-state index contributed by atoms with van der Waals surface area (Å²) in [5.74, 6) is 3.09.